The van der Waals surface area contributed by atoms with Gasteiger partial charge < -0.3 is 45.1 Å². The first-order valence-corrected chi connectivity index (χ1v) is 34.6. The van der Waals surface area contributed by atoms with E-state index < -0.39 is 67.4 Å². The number of hydrogen-bond donors (Lipinski definition) is 6. The van der Waals surface area contributed by atoms with Crippen LogP contribution in [0.5, 0.6) is 0 Å². The molecular formula is C71H129NO10. The monoisotopic (exact) mass is 1160 g/mol. The predicted molar refractivity (Wildman–Crippen MR) is 343 cm³/mol. The highest BCUT2D eigenvalue weighted by Gasteiger charge is 2.47. The van der Waals surface area contributed by atoms with Crippen molar-refractivity contribution in [3.63, 3.8) is 0 Å². The van der Waals surface area contributed by atoms with Crippen molar-refractivity contribution in [2.75, 3.05) is 13.2 Å². The Morgan fingerprint density at radius 1 is 0.488 bits per heavy atom. The molecule has 11 nitrogen and oxygen atoms in total. The maximum Gasteiger partial charge on any atom is 0.306 e. The number of aliphatic hydroxyl groups excluding tert-OH is 5. The Balaban J connectivity index is 2.56. The number of carbonyl (C=O) groups is 2. The Labute approximate surface area is 503 Å². The second-order valence-corrected chi connectivity index (χ2v) is 24.0. The average molecular weight is 1160 g/mol. The van der Waals surface area contributed by atoms with Crippen LogP contribution in [0.15, 0.2) is 60.8 Å². The van der Waals surface area contributed by atoms with Gasteiger partial charge in [0.1, 0.15) is 24.4 Å². The summed E-state index contributed by atoms with van der Waals surface area (Å²) in [6, 6.07) is -1.03. The number of esters is 1. The lowest BCUT2D eigenvalue weighted by Gasteiger charge is -2.41. The fourth-order valence-electron chi connectivity index (χ4n) is 10.8. The summed E-state index contributed by atoms with van der Waals surface area (Å²) in [5.74, 6) is -1.21. The second kappa shape index (κ2) is 58.7. The van der Waals surface area contributed by atoms with Crippen LogP contribution in [-0.2, 0) is 23.8 Å². The van der Waals surface area contributed by atoms with Gasteiger partial charge in [-0.15, -0.1) is 0 Å². The van der Waals surface area contributed by atoms with Gasteiger partial charge in [-0.1, -0.05) is 326 Å². The van der Waals surface area contributed by atoms with Crippen LogP contribution in [0.2, 0.25) is 0 Å². The molecule has 1 amide bonds. The molecule has 8 unspecified atom stereocenters. The summed E-state index contributed by atoms with van der Waals surface area (Å²) in [5, 5.41) is 57.1. The van der Waals surface area contributed by atoms with Crippen molar-refractivity contribution in [3.8, 4) is 0 Å². The topological polar surface area (TPSA) is 175 Å². The van der Waals surface area contributed by atoms with Gasteiger partial charge in [0, 0.05) is 6.42 Å². The molecule has 1 aliphatic rings. The van der Waals surface area contributed by atoms with Crippen molar-refractivity contribution in [1.82, 2.24) is 5.32 Å². The van der Waals surface area contributed by atoms with E-state index in [9.17, 15) is 35.1 Å². The van der Waals surface area contributed by atoms with E-state index in [-0.39, 0.29) is 13.0 Å². The van der Waals surface area contributed by atoms with E-state index in [4.69, 9.17) is 14.2 Å². The largest absolute Gasteiger partial charge is 0.454 e. The molecular weight excluding hydrogens is 1030 g/mol. The molecule has 0 spiro atoms. The maximum absolute atomic E-state index is 13.5. The molecule has 8 atom stereocenters. The summed E-state index contributed by atoms with van der Waals surface area (Å²) in [6.07, 6.45) is 64.2. The number of unbranched alkanes of at least 4 members (excludes halogenated alkanes) is 40. The van der Waals surface area contributed by atoms with Crippen LogP contribution < -0.4 is 5.32 Å². The highest BCUT2D eigenvalue weighted by atomic mass is 16.7. The van der Waals surface area contributed by atoms with Gasteiger partial charge in [0.15, 0.2) is 12.4 Å². The van der Waals surface area contributed by atoms with Gasteiger partial charge in [-0.3, -0.25) is 9.59 Å². The van der Waals surface area contributed by atoms with Crippen LogP contribution in [-0.4, -0.2) is 99.6 Å². The first kappa shape index (κ1) is 77.4. The summed E-state index contributed by atoms with van der Waals surface area (Å²) in [5.41, 5.74) is 0. The second-order valence-electron chi connectivity index (χ2n) is 24.0. The molecule has 0 aromatic rings. The lowest BCUT2D eigenvalue weighted by molar-refractivity contribution is -0.305. The number of carbonyl (C=O) groups excluding carboxylic acids is 2. The fourth-order valence-corrected chi connectivity index (χ4v) is 10.8. The van der Waals surface area contributed by atoms with E-state index >= 15 is 0 Å². The average Bonchev–Trinajstić information content (AvgIpc) is 3.44. The molecule has 1 heterocycles. The third kappa shape index (κ3) is 45.7. The molecule has 0 aromatic carbocycles. The smallest absolute Gasteiger partial charge is 0.306 e. The zero-order valence-electron chi connectivity index (χ0n) is 53.1. The molecule has 82 heavy (non-hydrogen) atoms. The van der Waals surface area contributed by atoms with Crippen LogP contribution in [0, 0.1) is 0 Å². The van der Waals surface area contributed by atoms with Crippen molar-refractivity contribution in [3.05, 3.63) is 60.8 Å². The maximum atomic E-state index is 13.5. The predicted octanol–water partition coefficient (Wildman–Crippen LogP) is 17.3. The minimum absolute atomic E-state index is 0.0971. The van der Waals surface area contributed by atoms with Crippen LogP contribution in [0.3, 0.4) is 0 Å². The summed E-state index contributed by atoms with van der Waals surface area (Å²) in [7, 11) is 0. The van der Waals surface area contributed by atoms with Gasteiger partial charge in [0.05, 0.1) is 25.4 Å². The third-order valence-corrected chi connectivity index (χ3v) is 16.3. The van der Waals surface area contributed by atoms with E-state index in [1.54, 1.807) is 6.08 Å². The molecule has 0 bridgehead atoms. The van der Waals surface area contributed by atoms with Crippen molar-refractivity contribution >= 4 is 11.9 Å². The van der Waals surface area contributed by atoms with Crippen LogP contribution in [0.4, 0.5) is 0 Å². The Bertz CT molecular complexity index is 1560. The van der Waals surface area contributed by atoms with Gasteiger partial charge in [0.2, 0.25) is 5.91 Å². The Morgan fingerprint density at radius 3 is 1.32 bits per heavy atom. The molecule has 1 saturated heterocycles. The molecule has 1 rings (SSSR count). The van der Waals surface area contributed by atoms with E-state index in [1.807, 2.05) is 36.5 Å². The molecule has 478 valence electrons. The highest BCUT2D eigenvalue weighted by Crippen LogP contribution is 2.26. The van der Waals surface area contributed by atoms with E-state index in [2.05, 4.69) is 44.3 Å². The minimum Gasteiger partial charge on any atom is -0.454 e. The molecule has 0 saturated carbocycles. The van der Waals surface area contributed by atoms with Gasteiger partial charge in [-0.05, 0) is 44.9 Å². The summed E-state index contributed by atoms with van der Waals surface area (Å²) < 4.78 is 17.6. The number of aliphatic hydroxyl groups is 5. The summed E-state index contributed by atoms with van der Waals surface area (Å²) >= 11 is 0. The molecule has 0 radical (unpaired) electrons. The van der Waals surface area contributed by atoms with Crippen LogP contribution in [0.25, 0.3) is 0 Å². The first-order chi connectivity index (χ1) is 40.2. The SMILES string of the molecule is CC/C=C/C=C/C=C/C=C\CCCCCCCC(=O)OC1C(OCC(NC(=O)C(O)CCCCCCCCCCCCCCCCCCCCCCCCCCCC)C(O)/C=C/CCCCCCCCCCCC)OC(CO)C(O)C1O. The Hall–Kier alpha value is -2.64. The van der Waals surface area contributed by atoms with E-state index in [1.165, 1.54) is 193 Å². The number of nitrogens with one attached hydrogen (secondary N) is 1. The van der Waals surface area contributed by atoms with Gasteiger partial charge >= 0.3 is 5.97 Å². The normalized spacial score (nSPS) is 19.0. The zero-order valence-corrected chi connectivity index (χ0v) is 53.1. The van der Waals surface area contributed by atoms with Crippen molar-refractivity contribution < 1.29 is 49.3 Å². The van der Waals surface area contributed by atoms with Gasteiger partial charge in [-0.2, -0.15) is 0 Å². The van der Waals surface area contributed by atoms with Crippen LogP contribution >= 0.6 is 0 Å². The highest BCUT2D eigenvalue weighted by molar-refractivity contribution is 5.80. The fraction of sp³-hybridized carbons (Fsp3) is 0.831. The Morgan fingerprint density at radius 2 is 0.878 bits per heavy atom. The quantitative estimate of drug-likeness (QED) is 0.0149. The van der Waals surface area contributed by atoms with Crippen molar-refractivity contribution in [1.29, 1.82) is 0 Å². The summed E-state index contributed by atoms with van der Waals surface area (Å²) in [6.45, 7) is 5.67. The third-order valence-electron chi connectivity index (χ3n) is 16.3. The van der Waals surface area contributed by atoms with E-state index in [0.717, 1.165) is 77.0 Å². The number of hydrogen-bond acceptors (Lipinski definition) is 10. The Kier molecular flexibility index (Phi) is 55.4. The number of amides is 1. The summed E-state index contributed by atoms with van der Waals surface area (Å²) in [4.78, 5) is 26.6. The molecule has 1 fully saturated rings. The lowest BCUT2D eigenvalue weighted by Crippen LogP contribution is -2.61. The van der Waals surface area contributed by atoms with Gasteiger partial charge in [0.25, 0.3) is 0 Å². The lowest BCUT2D eigenvalue weighted by atomic mass is 9.99. The molecule has 11 heteroatoms. The van der Waals surface area contributed by atoms with E-state index in [0.29, 0.717) is 19.3 Å². The number of allylic oxidation sites excluding steroid dienone is 9. The first-order valence-electron chi connectivity index (χ1n) is 34.6. The minimum atomic E-state index is -1.62. The molecule has 0 aliphatic carbocycles. The molecule has 0 aromatic heterocycles. The zero-order chi connectivity index (χ0) is 59.6. The van der Waals surface area contributed by atoms with Crippen molar-refractivity contribution in [2.45, 2.75) is 365 Å². The van der Waals surface area contributed by atoms with Crippen molar-refractivity contribution in [2.24, 2.45) is 0 Å². The van der Waals surface area contributed by atoms with Crippen LogP contribution in [0.1, 0.15) is 316 Å². The molecule has 1 aliphatic heterocycles. The molecule has 6 N–H and O–H groups in total. The van der Waals surface area contributed by atoms with Gasteiger partial charge in [-0.25, -0.2) is 0 Å². The standard InChI is InChI=1S/C71H129NO10/c1-4-7-10-13-16-19-22-25-27-28-29-30-31-32-33-34-35-36-37-39-40-43-46-49-52-55-58-64(75)70(79)72-62(63(74)57-54-51-48-45-42-24-21-18-15-12-9-6-3)61-80-71-69(68(78)67(77)65(60-73)81-71)82-66(76)59-56-53-50-47-44-41-38-26-23-20-17-14-11-8-5-2/h8,11,14,17,20,23,26,38,54,57,62-65,67-69,71,73-75,77-78H,4-7,9-10,12-13,15-16,18-19,21-22,24-25,27-37,39-53,55-56,58-61H2,1-3H3,(H,72,79)/b11-8+,17-14+,23-20+,38-26-,57-54+. The number of ether oxygens (including phenoxy) is 3. The number of rotatable bonds is 59.